The standard InChI is InChI=1S/C33H39N/c1-7-30-27(18-26-13-22(3)9-11-31(26)30)16-24-15-25(21-33(5,6)20-24)17-29-19-28-14-23(4)10-12-32(28)34(29)8-2/h9-17H,7-8,18-21H2,1-6H3/b24-16-,29-17+. The zero-order valence-electron chi connectivity index (χ0n) is 21.9. The molecular formula is C33H39N. The summed E-state index contributed by atoms with van der Waals surface area (Å²) >= 11 is 0. The van der Waals surface area contributed by atoms with Crippen molar-refractivity contribution in [2.24, 2.45) is 5.41 Å². The first-order valence-electron chi connectivity index (χ1n) is 13.1. The fraction of sp³-hybridized carbons (Fsp3) is 0.394. The highest BCUT2D eigenvalue weighted by atomic mass is 15.2. The van der Waals surface area contributed by atoms with Gasteiger partial charge in [0, 0.05) is 24.4 Å². The molecule has 1 nitrogen and oxygen atoms in total. The van der Waals surface area contributed by atoms with Gasteiger partial charge in [-0.15, -0.1) is 0 Å². The zero-order valence-corrected chi connectivity index (χ0v) is 21.9. The molecule has 34 heavy (non-hydrogen) atoms. The van der Waals surface area contributed by atoms with Gasteiger partial charge >= 0.3 is 0 Å². The Balaban J connectivity index is 1.50. The lowest BCUT2D eigenvalue weighted by Crippen LogP contribution is -2.20. The van der Waals surface area contributed by atoms with Crippen LogP contribution in [0.25, 0.3) is 5.57 Å². The number of hydrogen-bond acceptors (Lipinski definition) is 1. The first-order valence-corrected chi connectivity index (χ1v) is 13.1. The lowest BCUT2D eigenvalue weighted by atomic mass is 9.74. The summed E-state index contributed by atoms with van der Waals surface area (Å²) in [5, 5.41) is 0. The minimum Gasteiger partial charge on any atom is -0.345 e. The van der Waals surface area contributed by atoms with Gasteiger partial charge in [0.05, 0.1) is 0 Å². The maximum atomic E-state index is 2.53. The Morgan fingerprint density at radius 1 is 0.882 bits per heavy atom. The van der Waals surface area contributed by atoms with Gasteiger partial charge in [-0.05, 0) is 103 Å². The van der Waals surface area contributed by atoms with Crippen molar-refractivity contribution in [3.05, 3.63) is 105 Å². The van der Waals surface area contributed by atoms with Crippen LogP contribution in [0.3, 0.4) is 0 Å². The molecule has 0 radical (unpaired) electrons. The third-order valence-electron chi connectivity index (χ3n) is 7.72. The van der Waals surface area contributed by atoms with Gasteiger partial charge in [-0.2, -0.15) is 0 Å². The number of benzene rings is 2. The minimum absolute atomic E-state index is 0.279. The average molecular weight is 450 g/mol. The van der Waals surface area contributed by atoms with Crippen molar-refractivity contribution in [2.75, 3.05) is 11.4 Å². The van der Waals surface area contributed by atoms with Crippen LogP contribution < -0.4 is 4.90 Å². The van der Waals surface area contributed by atoms with Crippen molar-refractivity contribution in [3.8, 4) is 0 Å². The summed E-state index contributed by atoms with van der Waals surface area (Å²) in [6.45, 7) is 14.9. The van der Waals surface area contributed by atoms with Crippen LogP contribution in [0.15, 0.2) is 77.0 Å². The summed E-state index contributed by atoms with van der Waals surface area (Å²) in [5.41, 5.74) is 16.3. The van der Waals surface area contributed by atoms with E-state index in [9.17, 15) is 0 Å². The van der Waals surface area contributed by atoms with Gasteiger partial charge in [0.1, 0.15) is 0 Å². The van der Waals surface area contributed by atoms with Gasteiger partial charge in [0.2, 0.25) is 0 Å². The summed E-state index contributed by atoms with van der Waals surface area (Å²) < 4.78 is 0. The minimum atomic E-state index is 0.279. The van der Waals surface area contributed by atoms with E-state index in [1.165, 1.54) is 61.5 Å². The molecule has 1 aliphatic heterocycles. The van der Waals surface area contributed by atoms with Crippen LogP contribution in [0.4, 0.5) is 5.69 Å². The molecule has 2 aliphatic carbocycles. The van der Waals surface area contributed by atoms with E-state index in [4.69, 9.17) is 0 Å². The third kappa shape index (κ3) is 4.33. The van der Waals surface area contributed by atoms with Crippen molar-refractivity contribution in [2.45, 2.75) is 73.6 Å². The monoisotopic (exact) mass is 449 g/mol. The lowest BCUT2D eigenvalue weighted by Gasteiger charge is -2.31. The second-order valence-corrected chi connectivity index (χ2v) is 11.3. The van der Waals surface area contributed by atoms with E-state index in [0.29, 0.717) is 0 Å². The molecule has 0 unspecified atom stereocenters. The van der Waals surface area contributed by atoms with Crippen LogP contribution in [0.5, 0.6) is 0 Å². The van der Waals surface area contributed by atoms with Crippen molar-refractivity contribution >= 4 is 11.3 Å². The van der Waals surface area contributed by atoms with Crippen LogP contribution in [0.1, 0.15) is 74.8 Å². The van der Waals surface area contributed by atoms with E-state index < -0.39 is 0 Å². The molecule has 1 heterocycles. The molecule has 0 amide bonds. The maximum Gasteiger partial charge on any atom is 0.0444 e. The summed E-state index contributed by atoms with van der Waals surface area (Å²) in [7, 11) is 0. The maximum absolute atomic E-state index is 2.53. The van der Waals surface area contributed by atoms with Gasteiger partial charge in [0.25, 0.3) is 0 Å². The van der Waals surface area contributed by atoms with Crippen LogP contribution in [0, 0.1) is 19.3 Å². The molecule has 0 atom stereocenters. The van der Waals surface area contributed by atoms with Crippen LogP contribution >= 0.6 is 0 Å². The number of allylic oxidation sites excluding steroid dienone is 8. The number of nitrogens with zero attached hydrogens (tertiary/aromatic N) is 1. The number of aryl methyl sites for hydroxylation is 2. The molecule has 2 aromatic carbocycles. The second-order valence-electron chi connectivity index (χ2n) is 11.3. The Bertz CT molecular complexity index is 1260. The highest BCUT2D eigenvalue weighted by Gasteiger charge is 2.28. The van der Waals surface area contributed by atoms with Crippen LogP contribution in [-0.2, 0) is 12.8 Å². The van der Waals surface area contributed by atoms with Crippen molar-refractivity contribution in [3.63, 3.8) is 0 Å². The van der Waals surface area contributed by atoms with Gasteiger partial charge < -0.3 is 4.90 Å². The van der Waals surface area contributed by atoms with Crippen LogP contribution in [0.2, 0.25) is 0 Å². The molecule has 2 aromatic rings. The van der Waals surface area contributed by atoms with E-state index in [1.54, 1.807) is 0 Å². The molecule has 1 heteroatoms. The smallest absolute Gasteiger partial charge is 0.0444 e. The van der Waals surface area contributed by atoms with E-state index in [-0.39, 0.29) is 5.41 Å². The van der Waals surface area contributed by atoms with Gasteiger partial charge in [0.15, 0.2) is 0 Å². The predicted octanol–water partition coefficient (Wildman–Crippen LogP) is 8.66. The first-order chi connectivity index (χ1) is 16.3. The van der Waals surface area contributed by atoms with E-state index in [0.717, 1.165) is 38.6 Å². The fourth-order valence-corrected chi connectivity index (χ4v) is 6.40. The Labute approximate surface area is 206 Å². The van der Waals surface area contributed by atoms with Gasteiger partial charge in [-0.3, -0.25) is 0 Å². The molecule has 3 aliphatic rings. The van der Waals surface area contributed by atoms with E-state index in [1.807, 2.05) is 0 Å². The van der Waals surface area contributed by atoms with E-state index >= 15 is 0 Å². The Kier molecular flexibility index (Phi) is 5.92. The topological polar surface area (TPSA) is 3.24 Å². The fourth-order valence-electron chi connectivity index (χ4n) is 6.40. The predicted molar refractivity (Wildman–Crippen MR) is 147 cm³/mol. The molecule has 0 bridgehead atoms. The number of fused-ring (bicyclic) bond motifs is 2. The molecule has 0 spiro atoms. The molecule has 5 rings (SSSR count). The quantitative estimate of drug-likeness (QED) is 0.451. The zero-order chi connectivity index (χ0) is 24.0. The molecule has 176 valence electrons. The second kappa shape index (κ2) is 8.77. The van der Waals surface area contributed by atoms with Gasteiger partial charge in [-0.25, -0.2) is 0 Å². The van der Waals surface area contributed by atoms with E-state index in [2.05, 4.69) is 101 Å². The highest BCUT2D eigenvalue weighted by molar-refractivity contribution is 5.79. The molecule has 0 saturated carbocycles. The SMILES string of the molecule is CCC1=C(/C=C2C=C(/C=C3\Cc4cc(C)ccc4N3CC)CC(C)(C)C/2)Cc2cc(C)ccc21. The highest BCUT2D eigenvalue weighted by Crippen LogP contribution is 2.43. The molecule has 0 fully saturated rings. The summed E-state index contributed by atoms with van der Waals surface area (Å²) in [4.78, 5) is 2.51. The summed E-state index contributed by atoms with van der Waals surface area (Å²) in [6, 6.07) is 13.9. The average Bonchev–Trinajstić information content (AvgIpc) is 3.27. The van der Waals surface area contributed by atoms with Crippen LogP contribution in [-0.4, -0.2) is 6.54 Å². The molecule has 0 saturated heterocycles. The van der Waals surface area contributed by atoms with Gasteiger partial charge in [-0.1, -0.05) is 74.4 Å². The third-order valence-corrected chi connectivity index (χ3v) is 7.72. The molecule has 0 aromatic heterocycles. The Hall–Kier alpha value is -2.80. The van der Waals surface area contributed by atoms with Crippen molar-refractivity contribution < 1.29 is 0 Å². The summed E-state index contributed by atoms with van der Waals surface area (Å²) in [5.74, 6) is 0. The number of hydrogen-bond donors (Lipinski definition) is 0. The van der Waals surface area contributed by atoms with Crippen molar-refractivity contribution in [1.82, 2.24) is 0 Å². The first kappa shape index (κ1) is 23.0. The Morgan fingerprint density at radius 3 is 2.35 bits per heavy atom. The number of anilines is 1. The Morgan fingerprint density at radius 2 is 1.62 bits per heavy atom. The van der Waals surface area contributed by atoms with Crippen molar-refractivity contribution in [1.29, 1.82) is 0 Å². The number of rotatable bonds is 4. The number of likely N-dealkylation sites (N-methyl/N-ethyl adjacent to an activating group) is 1. The molecule has 0 N–H and O–H groups in total. The largest absolute Gasteiger partial charge is 0.345 e. The molecular weight excluding hydrogens is 410 g/mol. The lowest BCUT2D eigenvalue weighted by molar-refractivity contribution is 0.355. The summed E-state index contributed by atoms with van der Waals surface area (Å²) in [6.07, 6.45) is 13.0. The normalized spacial score (nSPS) is 21.4.